The molecule has 21 heavy (non-hydrogen) atoms. The fourth-order valence-electron chi connectivity index (χ4n) is 2.09. The molecule has 1 aromatic heterocycles. The number of aryl methyl sites for hydroxylation is 1. The average molecular weight is 304 g/mol. The second kappa shape index (κ2) is 6.74. The SMILES string of the molecule is Cc1sc(C(=O)NN)cc1COc1ccccc1C(C)C. The third-order valence-electron chi connectivity index (χ3n) is 3.30. The van der Waals surface area contributed by atoms with Gasteiger partial charge in [0, 0.05) is 10.4 Å². The first-order valence-corrected chi connectivity index (χ1v) is 7.66. The van der Waals surface area contributed by atoms with E-state index in [0.717, 1.165) is 16.2 Å². The van der Waals surface area contributed by atoms with Gasteiger partial charge >= 0.3 is 0 Å². The largest absolute Gasteiger partial charge is 0.489 e. The van der Waals surface area contributed by atoms with Crippen molar-refractivity contribution < 1.29 is 9.53 Å². The Balaban J connectivity index is 2.14. The van der Waals surface area contributed by atoms with Gasteiger partial charge in [0.2, 0.25) is 0 Å². The summed E-state index contributed by atoms with van der Waals surface area (Å²) in [7, 11) is 0. The van der Waals surface area contributed by atoms with Gasteiger partial charge in [0.05, 0.1) is 4.88 Å². The number of hydrazine groups is 1. The van der Waals surface area contributed by atoms with Gasteiger partial charge in [0.15, 0.2) is 0 Å². The molecule has 5 heteroatoms. The lowest BCUT2D eigenvalue weighted by Gasteiger charge is -2.13. The zero-order chi connectivity index (χ0) is 15.4. The highest BCUT2D eigenvalue weighted by Gasteiger charge is 2.13. The van der Waals surface area contributed by atoms with Crippen molar-refractivity contribution in [3.63, 3.8) is 0 Å². The Labute approximate surface area is 128 Å². The number of nitrogens with two attached hydrogens (primary N) is 1. The van der Waals surface area contributed by atoms with E-state index in [2.05, 4.69) is 25.3 Å². The van der Waals surface area contributed by atoms with Gasteiger partial charge in [-0.15, -0.1) is 11.3 Å². The molecule has 2 aromatic rings. The molecule has 1 amide bonds. The first-order valence-electron chi connectivity index (χ1n) is 6.85. The molecule has 0 saturated heterocycles. The Hall–Kier alpha value is -1.85. The number of ether oxygens (including phenoxy) is 1. The van der Waals surface area contributed by atoms with E-state index in [-0.39, 0.29) is 5.91 Å². The molecular formula is C16H20N2O2S. The molecular weight excluding hydrogens is 284 g/mol. The number of carbonyl (C=O) groups is 1. The summed E-state index contributed by atoms with van der Waals surface area (Å²) in [5, 5.41) is 0. The first-order chi connectivity index (χ1) is 10.0. The number of para-hydroxylation sites is 1. The van der Waals surface area contributed by atoms with Crippen LogP contribution < -0.4 is 16.0 Å². The summed E-state index contributed by atoms with van der Waals surface area (Å²) < 4.78 is 5.94. The van der Waals surface area contributed by atoms with Crippen LogP contribution in [0, 0.1) is 6.92 Å². The summed E-state index contributed by atoms with van der Waals surface area (Å²) in [6.07, 6.45) is 0. The van der Waals surface area contributed by atoms with E-state index in [1.807, 2.05) is 31.2 Å². The summed E-state index contributed by atoms with van der Waals surface area (Å²) in [5.74, 6) is 6.19. The van der Waals surface area contributed by atoms with Crippen molar-refractivity contribution >= 4 is 17.2 Å². The number of benzene rings is 1. The van der Waals surface area contributed by atoms with Gasteiger partial charge in [-0.05, 0) is 30.5 Å². The van der Waals surface area contributed by atoms with Crippen molar-refractivity contribution in [2.45, 2.75) is 33.3 Å². The van der Waals surface area contributed by atoms with E-state index in [0.29, 0.717) is 17.4 Å². The average Bonchev–Trinajstić information content (AvgIpc) is 2.85. The van der Waals surface area contributed by atoms with Crippen molar-refractivity contribution in [3.05, 3.63) is 51.2 Å². The van der Waals surface area contributed by atoms with Gasteiger partial charge in [0.25, 0.3) is 5.91 Å². The van der Waals surface area contributed by atoms with Gasteiger partial charge in [-0.3, -0.25) is 10.2 Å². The zero-order valence-corrected chi connectivity index (χ0v) is 13.3. The lowest BCUT2D eigenvalue weighted by molar-refractivity contribution is 0.0957. The maximum absolute atomic E-state index is 11.5. The normalized spacial score (nSPS) is 10.7. The molecule has 0 aliphatic carbocycles. The zero-order valence-electron chi connectivity index (χ0n) is 12.5. The highest BCUT2D eigenvalue weighted by molar-refractivity contribution is 7.14. The van der Waals surface area contributed by atoms with Crippen LogP contribution >= 0.6 is 11.3 Å². The van der Waals surface area contributed by atoms with E-state index in [1.54, 1.807) is 0 Å². The van der Waals surface area contributed by atoms with Crippen LogP contribution in [0.25, 0.3) is 0 Å². The number of hydrogen-bond donors (Lipinski definition) is 2. The van der Waals surface area contributed by atoms with Crippen molar-refractivity contribution in [3.8, 4) is 5.75 Å². The monoisotopic (exact) mass is 304 g/mol. The van der Waals surface area contributed by atoms with Crippen LogP contribution in [0.4, 0.5) is 0 Å². The minimum Gasteiger partial charge on any atom is -0.489 e. The fourth-order valence-corrected chi connectivity index (χ4v) is 3.02. The molecule has 0 bridgehead atoms. The van der Waals surface area contributed by atoms with Gasteiger partial charge in [0.1, 0.15) is 12.4 Å². The molecule has 0 aliphatic heterocycles. The molecule has 3 N–H and O–H groups in total. The maximum Gasteiger partial charge on any atom is 0.275 e. The topological polar surface area (TPSA) is 64.4 Å². The van der Waals surface area contributed by atoms with Crippen LogP contribution in [0.2, 0.25) is 0 Å². The summed E-state index contributed by atoms with van der Waals surface area (Å²) in [6.45, 7) is 6.71. The Morgan fingerprint density at radius 1 is 1.38 bits per heavy atom. The van der Waals surface area contributed by atoms with Gasteiger partial charge < -0.3 is 4.74 Å². The minimum atomic E-state index is -0.267. The van der Waals surface area contributed by atoms with E-state index in [1.165, 1.54) is 16.9 Å². The van der Waals surface area contributed by atoms with Gasteiger partial charge in [-0.25, -0.2) is 5.84 Å². The molecule has 0 unspecified atom stereocenters. The highest BCUT2D eigenvalue weighted by atomic mass is 32.1. The van der Waals surface area contributed by atoms with Crippen LogP contribution in [0.15, 0.2) is 30.3 Å². The van der Waals surface area contributed by atoms with Crippen LogP contribution in [0.5, 0.6) is 5.75 Å². The Bertz CT molecular complexity index is 635. The molecule has 0 radical (unpaired) electrons. The Kier molecular flexibility index (Phi) is 4.98. The lowest BCUT2D eigenvalue weighted by Crippen LogP contribution is -2.29. The molecule has 0 fully saturated rings. The molecule has 2 rings (SSSR count). The highest BCUT2D eigenvalue weighted by Crippen LogP contribution is 2.28. The Morgan fingerprint density at radius 3 is 2.76 bits per heavy atom. The number of carbonyl (C=O) groups excluding carboxylic acids is 1. The summed E-state index contributed by atoms with van der Waals surface area (Å²) >= 11 is 1.42. The predicted octanol–water partition coefficient (Wildman–Crippen LogP) is 3.36. The van der Waals surface area contributed by atoms with Crippen molar-refractivity contribution in [1.82, 2.24) is 5.43 Å². The molecule has 0 saturated carbocycles. The predicted molar refractivity (Wildman–Crippen MR) is 85.6 cm³/mol. The van der Waals surface area contributed by atoms with E-state index in [9.17, 15) is 4.79 Å². The number of nitrogens with one attached hydrogen (secondary N) is 1. The van der Waals surface area contributed by atoms with Crippen molar-refractivity contribution in [2.24, 2.45) is 5.84 Å². The van der Waals surface area contributed by atoms with Gasteiger partial charge in [-0.2, -0.15) is 0 Å². The molecule has 0 atom stereocenters. The quantitative estimate of drug-likeness (QED) is 0.506. The molecule has 4 nitrogen and oxygen atoms in total. The summed E-state index contributed by atoms with van der Waals surface area (Å²) in [4.78, 5) is 13.2. The van der Waals surface area contributed by atoms with Crippen molar-refractivity contribution in [2.75, 3.05) is 0 Å². The summed E-state index contributed by atoms with van der Waals surface area (Å²) in [5.41, 5.74) is 4.35. The molecule has 1 aromatic carbocycles. The third kappa shape index (κ3) is 3.62. The Morgan fingerprint density at radius 2 is 2.10 bits per heavy atom. The number of rotatable bonds is 5. The first kappa shape index (κ1) is 15.5. The number of thiophene rings is 1. The van der Waals surface area contributed by atoms with Crippen LogP contribution in [0.1, 0.15) is 45.4 Å². The van der Waals surface area contributed by atoms with E-state index in [4.69, 9.17) is 10.6 Å². The number of amides is 1. The van der Waals surface area contributed by atoms with E-state index >= 15 is 0 Å². The molecule has 0 aliphatic rings. The van der Waals surface area contributed by atoms with Gasteiger partial charge in [-0.1, -0.05) is 32.0 Å². The standard InChI is InChI=1S/C16H20N2O2S/c1-10(2)13-6-4-5-7-14(13)20-9-12-8-15(16(19)18-17)21-11(12)3/h4-8,10H,9,17H2,1-3H3,(H,18,19). The smallest absolute Gasteiger partial charge is 0.275 e. The molecule has 1 heterocycles. The summed E-state index contributed by atoms with van der Waals surface area (Å²) in [6, 6.07) is 9.87. The van der Waals surface area contributed by atoms with Crippen LogP contribution in [-0.2, 0) is 6.61 Å². The van der Waals surface area contributed by atoms with Crippen molar-refractivity contribution in [1.29, 1.82) is 0 Å². The van der Waals surface area contributed by atoms with Crippen LogP contribution in [0.3, 0.4) is 0 Å². The number of nitrogen functional groups attached to an aromatic ring is 1. The molecule has 0 spiro atoms. The van der Waals surface area contributed by atoms with E-state index < -0.39 is 0 Å². The van der Waals surface area contributed by atoms with Crippen LogP contribution in [-0.4, -0.2) is 5.91 Å². The number of hydrogen-bond acceptors (Lipinski definition) is 4. The fraction of sp³-hybridized carbons (Fsp3) is 0.312. The second-order valence-electron chi connectivity index (χ2n) is 5.15. The molecule has 112 valence electrons. The third-order valence-corrected chi connectivity index (χ3v) is 4.39. The maximum atomic E-state index is 11.5. The second-order valence-corrected chi connectivity index (χ2v) is 6.40. The lowest BCUT2D eigenvalue weighted by atomic mass is 10.0. The minimum absolute atomic E-state index is 0.267.